The lowest BCUT2D eigenvalue weighted by Crippen LogP contribution is -2.40. The molecule has 2 atom stereocenters. The van der Waals surface area contributed by atoms with E-state index in [1.54, 1.807) is 12.4 Å². The van der Waals surface area contributed by atoms with Crippen LogP contribution in [0.4, 0.5) is 19.1 Å². The molecule has 4 rings (SSSR count). The van der Waals surface area contributed by atoms with Crippen molar-refractivity contribution < 1.29 is 27.9 Å². The second-order valence-corrected chi connectivity index (χ2v) is 6.99. The molecule has 0 bridgehead atoms. The summed E-state index contributed by atoms with van der Waals surface area (Å²) in [6, 6.07) is 2.64. The molecule has 1 saturated carbocycles. The van der Waals surface area contributed by atoms with Crippen LogP contribution in [0.25, 0.3) is 0 Å². The fourth-order valence-corrected chi connectivity index (χ4v) is 3.67. The maximum Gasteiger partial charge on any atom is 0.490 e. The van der Waals surface area contributed by atoms with E-state index in [0.29, 0.717) is 23.9 Å². The Labute approximate surface area is 154 Å². The number of nitrogens with zero attached hydrogens (tertiary/aromatic N) is 4. The number of fused-ring (bicyclic) bond motifs is 1. The second kappa shape index (κ2) is 7.69. The van der Waals surface area contributed by atoms with Crippen LogP contribution in [0.1, 0.15) is 32.1 Å². The number of aliphatic carboxylic acids is 1. The van der Waals surface area contributed by atoms with E-state index in [2.05, 4.69) is 19.8 Å². The fourth-order valence-electron chi connectivity index (χ4n) is 3.67. The van der Waals surface area contributed by atoms with Crippen molar-refractivity contribution in [1.29, 1.82) is 0 Å². The van der Waals surface area contributed by atoms with Crippen molar-refractivity contribution in [2.45, 2.75) is 50.4 Å². The van der Waals surface area contributed by atoms with Crippen molar-refractivity contribution in [2.75, 3.05) is 18.0 Å². The largest absolute Gasteiger partial charge is 0.490 e. The number of alkyl halides is 3. The highest BCUT2D eigenvalue weighted by Gasteiger charge is 2.45. The number of rotatable bonds is 3. The highest BCUT2D eigenvalue weighted by Crippen LogP contribution is 2.37. The van der Waals surface area contributed by atoms with E-state index in [1.165, 1.54) is 12.8 Å². The topological polar surface area (TPSA) is 86.6 Å². The zero-order chi connectivity index (χ0) is 19.6. The predicted molar refractivity (Wildman–Crippen MR) is 88.9 cm³/mol. The standard InChI is InChI=1S/C15H20N4O.C2HF3O2/c20-14(10-11-2-3-11)18-8-4-13-12(18)5-9-19(13)15-16-6-1-7-17-15;3-2(4,5)1(6)7/h1,6-7,11-13H,2-5,8-10H2;(H,6,7)/t12-,13+;/m1./s1. The number of aromatic nitrogens is 2. The first-order valence-electron chi connectivity index (χ1n) is 8.90. The summed E-state index contributed by atoms with van der Waals surface area (Å²) in [7, 11) is 0. The smallest absolute Gasteiger partial charge is 0.475 e. The van der Waals surface area contributed by atoms with Crippen molar-refractivity contribution in [3.8, 4) is 0 Å². The van der Waals surface area contributed by atoms with Gasteiger partial charge in [-0.25, -0.2) is 14.8 Å². The number of carboxylic acid groups (broad SMARTS) is 1. The van der Waals surface area contributed by atoms with Gasteiger partial charge >= 0.3 is 12.1 Å². The first-order valence-corrected chi connectivity index (χ1v) is 8.90. The van der Waals surface area contributed by atoms with E-state index < -0.39 is 12.1 Å². The minimum Gasteiger partial charge on any atom is -0.475 e. The fraction of sp³-hybridized carbons (Fsp3) is 0.647. The van der Waals surface area contributed by atoms with Gasteiger partial charge in [-0.15, -0.1) is 0 Å². The number of anilines is 1. The number of carbonyl (C=O) groups excluding carboxylic acids is 1. The maximum absolute atomic E-state index is 12.4. The summed E-state index contributed by atoms with van der Waals surface area (Å²) in [6.07, 6.45) is 3.88. The molecule has 2 saturated heterocycles. The Morgan fingerprint density at radius 2 is 1.67 bits per heavy atom. The monoisotopic (exact) mass is 386 g/mol. The molecule has 1 aliphatic carbocycles. The molecule has 148 valence electrons. The molecule has 2 aliphatic heterocycles. The lowest BCUT2D eigenvalue weighted by atomic mass is 10.1. The van der Waals surface area contributed by atoms with Crippen LogP contribution in [-0.2, 0) is 9.59 Å². The molecule has 0 aromatic carbocycles. The van der Waals surface area contributed by atoms with Gasteiger partial charge in [0, 0.05) is 31.9 Å². The summed E-state index contributed by atoms with van der Waals surface area (Å²) in [5.41, 5.74) is 0. The van der Waals surface area contributed by atoms with Gasteiger partial charge in [-0.05, 0) is 37.7 Å². The second-order valence-electron chi connectivity index (χ2n) is 6.99. The van der Waals surface area contributed by atoms with Gasteiger partial charge in [0.25, 0.3) is 0 Å². The Hall–Kier alpha value is -2.39. The molecule has 0 radical (unpaired) electrons. The molecule has 10 heteroatoms. The van der Waals surface area contributed by atoms with Crippen LogP contribution in [0.2, 0.25) is 0 Å². The molecule has 3 aliphatic rings. The third kappa shape index (κ3) is 4.67. The van der Waals surface area contributed by atoms with Crippen LogP contribution in [0.15, 0.2) is 18.5 Å². The summed E-state index contributed by atoms with van der Waals surface area (Å²) < 4.78 is 31.7. The maximum atomic E-state index is 12.4. The Morgan fingerprint density at radius 3 is 2.22 bits per heavy atom. The van der Waals surface area contributed by atoms with E-state index in [4.69, 9.17) is 9.90 Å². The van der Waals surface area contributed by atoms with Crippen LogP contribution in [0.5, 0.6) is 0 Å². The summed E-state index contributed by atoms with van der Waals surface area (Å²) in [4.78, 5) is 34.4. The van der Waals surface area contributed by atoms with Crippen LogP contribution >= 0.6 is 0 Å². The van der Waals surface area contributed by atoms with E-state index in [-0.39, 0.29) is 0 Å². The minimum atomic E-state index is -5.08. The van der Waals surface area contributed by atoms with Gasteiger partial charge in [-0.1, -0.05) is 0 Å². The Bertz CT molecular complexity index is 682. The molecule has 7 nitrogen and oxygen atoms in total. The van der Waals surface area contributed by atoms with E-state index >= 15 is 0 Å². The van der Waals surface area contributed by atoms with Gasteiger partial charge in [0.05, 0.1) is 12.1 Å². The summed E-state index contributed by atoms with van der Waals surface area (Å²) in [5.74, 6) is -0.892. The third-order valence-corrected chi connectivity index (χ3v) is 5.11. The highest BCUT2D eigenvalue weighted by atomic mass is 19.4. The van der Waals surface area contributed by atoms with Crippen LogP contribution < -0.4 is 4.90 Å². The first kappa shape index (κ1) is 19.4. The SMILES string of the molecule is O=C(CC1CC1)N1CC[C@H]2[C@H]1CCN2c1ncccn1.O=C(O)C(F)(F)F. The van der Waals surface area contributed by atoms with Crippen molar-refractivity contribution in [1.82, 2.24) is 14.9 Å². The van der Waals surface area contributed by atoms with Gasteiger partial charge in [0.2, 0.25) is 11.9 Å². The van der Waals surface area contributed by atoms with E-state index in [1.807, 2.05) is 6.07 Å². The molecular weight excluding hydrogens is 365 g/mol. The molecule has 3 fully saturated rings. The van der Waals surface area contributed by atoms with Crippen molar-refractivity contribution >= 4 is 17.8 Å². The number of carboxylic acids is 1. The molecular formula is C17H21F3N4O3. The van der Waals surface area contributed by atoms with Gasteiger partial charge in [0.1, 0.15) is 0 Å². The Balaban J connectivity index is 0.000000260. The molecule has 0 spiro atoms. The van der Waals surface area contributed by atoms with Crippen LogP contribution in [0, 0.1) is 5.92 Å². The molecule has 1 amide bonds. The average Bonchev–Trinajstić information content (AvgIpc) is 3.18. The molecule has 27 heavy (non-hydrogen) atoms. The average molecular weight is 386 g/mol. The lowest BCUT2D eigenvalue weighted by Gasteiger charge is -2.25. The Kier molecular flexibility index (Phi) is 5.52. The van der Waals surface area contributed by atoms with E-state index in [9.17, 15) is 18.0 Å². The number of likely N-dealkylation sites (tertiary alicyclic amines) is 1. The van der Waals surface area contributed by atoms with E-state index in [0.717, 1.165) is 38.3 Å². The van der Waals surface area contributed by atoms with Gasteiger partial charge in [-0.3, -0.25) is 4.79 Å². The molecule has 1 aromatic rings. The van der Waals surface area contributed by atoms with Crippen molar-refractivity contribution in [3.05, 3.63) is 18.5 Å². The van der Waals surface area contributed by atoms with Gasteiger partial charge < -0.3 is 14.9 Å². The normalized spacial score (nSPS) is 24.3. The number of carbonyl (C=O) groups is 2. The molecule has 1 N–H and O–H groups in total. The highest BCUT2D eigenvalue weighted by molar-refractivity contribution is 5.78. The molecule has 0 unspecified atom stereocenters. The van der Waals surface area contributed by atoms with Gasteiger partial charge in [-0.2, -0.15) is 13.2 Å². The molecule has 1 aromatic heterocycles. The Morgan fingerprint density at radius 1 is 1.07 bits per heavy atom. The number of hydrogen-bond donors (Lipinski definition) is 1. The zero-order valence-corrected chi connectivity index (χ0v) is 14.6. The minimum absolute atomic E-state index is 0.371. The summed E-state index contributed by atoms with van der Waals surface area (Å²) >= 11 is 0. The third-order valence-electron chi connectivity index (χ3n) is 5.11. The summed E-state index contributed by atoms with van der Waals surface area (Å²) in [5, 5.41) is 7.12. The van der Waals surface area contributed by atoms with Crippen LogP contribution in [-0.4, -0.2) is 63.2 Å². The number of amides is 1. The zero-order valence-electron chi connectivity index (χ0n) is 14.6. The van der Waals surface area contributed by atoms with Crippen molar-refractivity contribution in [2.24, 2.45) is 5.92 Å². The number of hydrogen-bond acceptors (Lipinski definition) is 5. The predicted octanol–water partition coefficient (Wildman–Crippen LogP) is 2.09. The van der Waals surface area contributed by atoms with Crippen LogP contribution in [0.3, 0.4) is 0 Å². The molecule has 3 heterocycles. The lowest BCUT2D eigenvalue weighted by molar-refractivity contribution is -0.192. The number of halogens is 3. The van der Waals surface area contributed by atoms with Crippen molar-refractivity contribution in [3.63, 3.8) is 0 Å². The quantitative estimate of drug-likeness (QED) is 0.856. The summed E-state index contributed by atoms with van der Waals surface area (Å²) in [6.45, 7) is 1.87. The van der Waals surface area contributed by atoms with Gasteiger partial charge in [0.15, 0.2) is 0 Å². The first-order chi connectivity index (χ1) is 12.8.